The summed E-state index contributed by atoms with van der Waals surface area (Å²) in [6.45, 7) is 2.06. The lowest BCUT2D eigenvalue weighted by molar-refractivity contribution is 0.215. The van der Waals surface area contributed by atoms with Gasteiger partial charge in [0.1, 0.15) is 11.9 Å². The molecule has 0 aromatic heterocycles. The smallest absolute Gasteiger partial charge is 0.130 e. The van der Waals surface area contributed by atoms with Crippen molar-refractivity contribution in [3.05, 3.63) is 68.4 Å². The van der Waals surface area contributed by atoms with E-state index in [1.807, 2.05) is 12.1 Å². The molecule has 0 saturated carbocycles. The fraction of sp³-hybridized carbons (Fsp3) is 0.200. The lowest BCUT2D eigenvalue weighted by atomic mass is 9.99. The van der Waals surface area contributed by atoms with E-state index in [1.54, 1.807) is 12.1 Å². The van der Waals surface area contributed by atoms with Crippen LogP contribution in [0, 0.1) is 5.82 Å². The maximum Gasteiger partial charge on any atom is 0.130 e. The van der Waals surface area contributed by atoms with Gasteiger partial charge in [0.25, 0.3) is 0 Å². The van der Waals surface area contributed by atoms with Crippen molar-refractivity contribution in [1.82, 2.24) is 0 Å². The molecule has 19 heavy (non-hydrogen) atoms. The molecule has 4 heteroatoms. The van der Waals surface area contributed by atoms with E-state index in [0.29, 0.717) is 15.1 Å². The SMILES string of the molecule is CCc1ccc(C(O)c2cc(Cl)c(Br)cc2F)cc1. The Bertz CT molecular complexity index is 583. The average Bonchev–Trinajstić information content (AvgIpc) is 2.42. The van der Waals surface area contributed by atoms with Crippen molar-refractivity contribution in [3.8, 4) is 0 Å². The number of aliphatic hydroxyl groups excluding tert-OH is 1. The van der Waals surface area contributed by atoms with Gasteiger partial charge in [-0.3, -0.25) is 0 Å². The van der Waals surface area contributed by atoms with Crippen LogP contribution in [-0.2, 0) is 6.42 Å². The van der Waals surface area contributed by atoms with Crippen molar-refractivity contribution >= 4 is 27.5 Å². The van der Waals surface area contributed by atoms with Crippen LogP contribution in [0.3, 0.4) is 0 Å². The monoisotopic (exact) mass is 342 g/mol. The normalized spacial score (nSPS) is 12.5. The van der Waals surface area contributed by atoms with Gasteiger partial charge < -0.3 is 5.11 Å². The van der Waals surface area contributed by atoms with Crippen LogP contribution in [-0.4, -0.2) is 5.11 Å². The Labute approximate surface area is 125 Å². The Balaban J connectivity index is 2.37. The van der Waals surface area contributed by atoms with Crippen LogP contribution in [0.4, 0.5) is 4.39 Å². The number of halogens is 3. The maximum absolute atomic E-state index is 13.9. The highest BCUT2D eigenvalue weighted by molar-refractivity contribution is 9.10. The van der Waals surface area contributed by atoms with Crippen molar-refractivity contribution in [2.75, 3.05) is 0 Å². The standard InChI is InChI=1S/C15H13BrClFO/c1-2-9-3-5-10(6-4-9)15(19)11-7-13(17)12(16)8-14(11)18/h3-8,15,19H,2H2,1H3. The first-order chi connectivity index (χ1) is 9.02. The van der Waals surface area contributed by atoms with Crippen LogP contribution < -0.4 is 0 Å². The van der Waals surface area contributed by atoms with Crippen molar-refractivity contribution in [3.63, 3.8) is 0 Å². The first-order valence-electron chi connectivity index (χ1n) is 5.94. The summed E-state index contributed by atoms with van der Waals surface area (Å²) in [5.74, 6) is -0.483. The van der Waals surface area contributed by atoms with Crippen LogP contribution in [0.15, 0.2) is 40.9 Å². The van der Waals surface area contributed by atoms with Crippen molar-refractivity contribution < 1.29 is 9.50 Å². The fourth-order valence-electron chi connectivity index (χ4n) is 1.86. The van der Waals surface area contributed by atoms with Crippen LogP contribution >= 0.6 is 27.5 Å². The summed E-state index contributed by atoms with van der Waals surface area (Å²) in [6, 6.07) is 10.2. The second kappa shape index (κ2) is 6.04. The molecular formula is C15H13BrClFO. The summed E-state index contributed by atoms with van der Waals surface area (Å²) in [5, 5.41) is 10.6. The molecule has 100 valence electrons. The second-order valence-electron chi connectivity index (χ2n) is 4.29. The first kappa shape index (κ1) is 14.5. The van der Waals surface area contributed by atoms with E-state index in [9.17, 15) is 9.50 Å². The van der Waals surface area contributed by atoms with E-state index in [2.05, 4.69) is 22.9 Å². The summed E-state index contributed by atoms with van der Waals surface area (Å²) in [6.07, 6.45) is -0.0917. The number of aryl methyl sites for hydroxylation is 1. The summed E-state index contributed by atoms with van der Waals surface area (Å²) in [4.78, 5) is 0. The van der Waals surface area contributed by atoms with Crippen molar-refractivity contribution in [1.29, 1.82) is 0 Å². The van der Waals surface area contributed by atoms with Gasteiger partial charge in [0.15, 0.2) is 0 Å². The quantitative estimate of drug-likeness (QED) is 0.787. The van der Waals surface area contributed by atoms with Gasteiger partial charge in [-0.2, -0.15) is 0 Å². The molecule has 0 radical (unpaired) electrons. The van der Waals surface area contributed by atoms with Crippen molar-refractivity contribution in [2.24, 2.45) is 0 Å². The molecule has 1 N–H and O–H groups in total. The van der Waals surface area contributed by atoms with Crippen LogP contribution in [0.1, 0.15) is 29.7 Å². The summed E-state index contributed by atoms with van der Waals surface area (Å²) in [5.41, 5.74) is 2.00. The number of benzene rings is 2. The topological polar surface area (TPSA) is 20.2 Å². The molecule has 2 aromatic carbocycles. The van der Waals surface area contributed by atoms with Gasteiger partial charge >= 0.3 is 0 Å². The third-order valence-electron chi connectivity index (χ3n) is 3.04. The van der Waals surface area contributed by atoms with E-state index in [1.165, 1.54) is 17.7 Å². The molecule has 0 aliphatic heterocycles. The largest absolute Gasteiger partial charge is 0.384 e. The highest BCUT2D eigenvalue weighted by Crippen LogP contribution is 2.31. The summed E-state index contributed by atoms with van der Waals surface area (Å²) >= 11 is 9.09. The van der Waals surface area contributed by atoms with E-state index in [4.69, 9.17) is 11.6 Å². The van der Waals surface area contributed by atoms with Gasteiger partial charge in [-0.05, 0) is 45.6 Å². The molecule has 0 saturated heterocycles. The van der Waals surface area contributed by atoms with Gasteiger partial charge in [-0.25, -0.2) is 4.39 Å². The first-order valence-corrected chi connectivity index (χ1v) is 7.11. The third kappa shape index (κ3) is 3.16. The predicted octanol–water partition coefficient (Wildman–Crippen LogP) is 4.89. The summed E-state index contributed by atoms with van der Waals surface area (Å²) < 4.78 is 14.3. The number of hydrogen-bond acceptors (Lipinski definition) is 1. The predicted molar refractivity (Wildman–Crippen MR) is 79.0 cm³/mol. The molecule has 0 heterocycles. The van der Waals surface area contributed by atoms with E-state index in [0.717, 1.165) is 6.42 Å². The lowest BCUT2D eigenvalue weighted by Crippen LogP contribution is -2.03. The zero-order chi connectivity index (χ0) is 14.0. The number of hydrogen-bond donors (Lipinski definition) is 1. The molecule has 0 bridgehead atoms. The summed E-state index contributed by atoms with van der Waals surface area (Å²) in [7, 11) is 0. The maximum atomic E-state index is 13.9. The molecule has 2 aromatic rings. The third-order valence-corrected chi connectivity index (χ3v) is 4.23. The van der Waals surface area contributed by atoms with E-state index < -0.39 is 11.9 Å². The van der Waals surface area contributed by atoms with Crippen LogP contribution in [0.2, 0.25) is 5.02 Å². The Kier molecular flexibility index (Phi) is 4.61. The number of aliphatic hydroxyl groups is 1. The van der Waals surface area contributed by atoms with Gasteiger partial charge in [-0.1, -0.05) is 42.8 Å². The fourth-order valence-corrected chi connectivity index (χ4v) is 2.35. The van der Waals surface area contributed by atoms with E-state index in [-0.39, 0.29) is 5.56 Å². The van der Waals surface area contributed by atoms with E-state index >= 15 is 0 Å². The molecular weight excluding hydrogens is 331 g/mol. The minimum absolute atomic E-state index is 0.178. The average molecular weight is 344 g/mol. The van der Waals surface area contributed by atoms with Crippen LogP contribution in [0.25, 0.3) is 0 Å². The lowest BCUT2D eigenvalue weighted by Gasteiger charge is -2.14. The van der Waals surface area contributed by atoms with Gasteiger partial charge in [0.2, 0.25) is 0 Å². The molecule has 0 aliphatic rings. The molecule has 0 aliphatic carbocycles. The number of rotatable bonds is 3. The molecule has 0 amide bonds. The molecule has 2 rings (SSSR count). The van der Waals surface area contributed by atoms with Crippen LogP contribution in [0.5, 0.6) is 0 Å². The van der Waals surface area contributed by atoms with Crippen molar-refractivity contribution in [2.45, 2.75) is 19.4 Å². The Morgan fingerprint density at radius 1 is 1.26 bits per heavy atom. The minimum Gasteiger partial charge on any atom is -0.384 e. The zero-order valence-electron chi connectivity index (χ0n) is 10.3. The molecule has 0 spiro atoms. The Morgan fingerprint density at radius 2 is 1.89 bits per heavy atom. The second-order valence-corrected chi connectivity index (χ2v) is 5.55. The molecule has 1 unspecified atom stereocenters. The minimum atomic E-state index is -1.02. The Morgan fingerprint density at radius 3 is 2.47 bits per heavy atom. The molecule has 1 nitrogen and oxygen atoms in total. The highest BCUT2D eigenvalue weighted by atomic mass is 79.9. The van der Waals surface area contributed by atoms with Gasteiger partial charge in [0.05, 0.1) is 5.02 Å². The molecule has 0 fully saturated rings. The molecule has 1 atom stereocenters. The zero-order valence-corrected chi connectivity index (χ0v) is 12.7. The highest BCUT2D eigenvalue weighted by Gasteiger charge is 2.17. The van der Waals surface area contributed by atoms with Gasteiger partial charge in [-0.15, -0.1) is 0 Å². The van der Waals surface area contributed by atoms with Gasteiger partial charge in [0, 0.05) is 10.0 Å². The Hall–Kier alpha value is -0.900.